The third-order valence-corrected chi connectivity index (χ3v) is 6.58. The van der Waals surface area contributed by atoms with E-state index in [9.17, 15) is 23.3 Å². The Morgan fingerprint density at radius 2 is 1.82 bits per heavy atom. The number of halogens is 1. The Hall–Kier alpha value is -3.96. The van der Waals surface area contributed by atoms with Crippen LogP contribution in [-0.4, -0.2) is 39.1 Å². The number of methoxy groups -OCH3 is 1. The molecule has 0 saturated heterocycles. The first-order chi connectivity index (χ1) is 16.2. The second kappa shape index (κ2) is 10.8. The van der Waals surface area contributed by atoms with E-state index in [0.717, 1.165) is 4.31 Å². The number of carbonyl (C=O) groups excluding carboxylic acids is 1. The van der Waals surface area contributed by atoms with Crippen LogP contribution in [0.1, 0.15) is 5.56 Å². The summed E-state index contributed by atoms with van der Waals surface area (Å²) >= 11 is 5.91. The van der Waals surface area contributed by atoms with Crippen molar-refractivity contribution in [1.29, 1.82) is 0 Å². The summed E-state index contributed by atoms with van der Waals surface area (Å²) in [5.41, 5.74) is 2.54. The molecule has 1 amide bonds. The van der Waals surface area contributed by atoms with Crippen LogP contribution < -0.4 is 14.5 Å². The molecule has 34 heavy (non-hydrogen) atoms. The van der Waals surface area contributed by atoms with Crippen molar-refractivity contribution in [3.05, 3.63) is 93.5 Å². The highest BCUT2D eigenvalue weighted by atomic mass is 35.5. The summed E-state index contributed by atoms with van der Waals surface area (Å²) < 4.78 is 32.3. The topological polar surface area (TPSA) is 131 Å². The second-order valence-corrected chi connectivity index (χ2v) is 9.08. The Labute approximate surface area is 200 Å². The number of nitro benzene ring substituents is 1. The zero-order valence-electron chi connectivity index (χ0n) is 17.8. The van der Waals surface area contributed by atoms with Crippen LogP contribution in [0.15, 0.2) is 82.8 Å². The molecule has 3 rings (SSSR count). The fourth-order valence-corrected chi connectivity index (χ4v) is 4.48. The van der Waals surface area contributed by atoms with Gasteiger partial charge in [-0.25, -0.2) is 13.8 Å². The van der Waals surface area contributed by atoms with Gasteiger partial charge in [-0.05, 0) is 48.5 Å². The maximum atomic E-state index is 13.2. The van der Waals surface area contributed by atoms with Crippen molar-refractivity contribution in [1.82, 2.24) is 5.43 Å². The Morgan fingerprint density at radius 1 is 1.15 bits per heavy atom. The number of carbonyl (C=O) groups is 1. The van der Waals surface area contributed by atoms with Gasteiger partial charge in [0.2, 0.25) is 0 Å². The molecule has 176 valence electrons. The number of hydrazone groups is 1. The third-order valence-electron chi connectivity index (χ3n) is 4.54. The molecule has 0 spiro atoms. The number of hydrogen-bond acceptors (Lipinski definition) is 7. The molecule has 0 heterocycles. The molecule has 0 aliphatic rings. The first kappa shape index (κ1) is 24.7. The van der Waals surface area contributed by atoms with Gasteiger partial charge in [0.1, 0.15) is 6.54 Å². The van der Waals surface area contributed by atoms with Gasteiger partial charge < -0.3 is 4.74 Å². The van der Waals surface area contributed by atoms with Gasteiger partial charge in [0.15, 0.2) is 5.75 Å². The average Bonchev–Trinajstić information content (AvgIpc) is 2.83. The molecule has 1 N–H and O–H groups in total. The highest BCUT2D eigenvalue weighted by molar-refractivity contribution is 7.92. The van der Waals surface area contributed by atoms with Crippen molar-refractivity contribution in [2.75, 3.05) is 18.0 Å². The average molecular weight is 503 g/mol. The predicted molar refractivity (Wildman–Crippen MR) is 128 cm³/mol. The molecule has 12 heteroatoms. The number of nitrogens with one attached hydrogen (secondary N) is 1. The molecule has 0 aromatic heterocycles. The van der Waals surface area contributed by atoms with Gasteiger partial charge in [0, 0.05) is 16.7 Å². The Morgan fingerprint density at radius 3 is 2.44 bits per heavy atom. The number of ether oxygens (including phenoxy) is 1. The zero-order valence-corrected chi connectivity index (χ0v) is 19.4. The van der Waals surface area contributed by atoms with Gasteiger partial charge in [-0.15, -0.1) is 0 Å². The van der Waals surface area contributed by atoms with E-state index in [1.807, 2.05) is 0 Å². The van der Waals surface area contributed by atoms with Crippen molar-refractivity contribution >= 4 is 45.1 Å². The normalized spacial score (nSPS) is 11.2. The van der Waals surface area contributed by atoms with Crippen LogP contribution in [0.3, 0.4) is 0 Å². The molecule has 0 aliphatic carbocycles. The number of rotatable bonds is 9. The number of hydrogen-bond donors (Lipinski definition) is 1. The molecule has 0 radical (unpaired) electrons. The fraction of sp³-hybridized carbons (Fsp3) is 0.0909. The maximum Gasteiger partial charge on any atom is 0.311 e. The van der Waals surface area contributed by atoms with Crippen LogP contribution >= 0.6 is 11.6 Å². The minimum absolute atomic E-state index is 0.00629. The summed E-state index contributed by atoms with van der Waals surface area (Å²) in [6.45, 7) is -0.570. The lowest BCUT2D eigenvalue weighted by Crippen LogP contribution is -2.39. The summed E-state index contributed by atoms with van der Waals surface area (Å²) in [5.74, 6) is -0.648. The summed E-state index contributed by atoms with van der Waals surface area (Å²) in [7, 11) is -2.76. The summed E-state index contributed by atoms with van der Waals surface area (Å²) in [6.07, 6.45) is 1.20. The molecule has 0 unspecified atom stereocenters. The van der Waals surface area contributed by atoms with Gasteiger partial charge >= 0.3 is 5.69 Å². The highest BCUT2D eigenvalue weighted by Gasteiger charge is 2.27. The molecule has 0 aliphatic heterocycles. The molecule has 0 atom stereocenters. The van der Waals surface area contributed by atoms with Gasteiger partial charge in [0.05, 0.1) is 28.8 Å². The number of benzene rings is 3. The number of anilines is 1. The van der Waals surface area contributed by atoms with Crippen molar-refractivity contribution in [2.45, 2.75) is 4.90 Å². The summed E-state index contributed by atoms with van der Waals surface area (Å²) in [5, 5.41) is 15.3. The Kier molecular flexibility index (Phi) is 7.82. The molecule has 0 saturated carbocycles. The van der Waals surface area contributed by atoms with E-state index in [4.69, 9.17) is 16.3 Å². The van der Waals surface area contributed by atoms with Gasteiger partial charge in [-0.1, -0.05) is 29.8 Å². The minimum atomic E-state index is -4.07. The standard InChI is InChI=1S/C22H19ClN4O6S/c1-33-21-12-7-16(13-20(21)27(29)30)14-24-25-22(28)15-26(18-10-8-17(23)9-11-18)34(31,32)19-5-3-2-4-6-19/h2-14H,15H2,1H3,(H,25,28)/b24-14-. The number of nitrogens with zero attached hydrogens (tertiary/aromatic N) is 3. The van der Waals surface area contributed by atoms with Crippen LogP contribution in [0.2, 0.25) is 5.02 Å². The van der Waals surface area contributed by atoms with E-state index in [-0.39, 0.29) is 22.0 Å². The molecular weight excluding hydrogens is 484 g/mol. The predicted octanol–water partition coefficient (Wildman–Crippen LogP) is 3.60. The van der Waals surface area contributed by atoms with E-state index in [1.165, 1.54) is 67.9 Å². The van der Waals surface area contributed by atoms with Crippen molar-refractivity contribution in [2.24, 2.45) is 5.10 Å². The molecule has 0 fully saturated rings. The van der Waals surface area contributed by atoms with Crippen LogP contribution in [0.25, 0.3) is 0 Å². The Bertz CT molecular complexity index is 1310. The first-order valence-electron chi connectivity index (χ1n) is 9.70. The third kappa shape index (κ3) is 5.88. The number of amides is 1. The van der Waals surface area contributed by atoms with E-state index in [0.29, 0.717) is 10.6 Å². The van der Waals surface area contributed by atoms with Crippen molar-refractivity contribution in [3.63, 3.8) is 0 Å². The quantitative estimate of drug-likeness (QED) is 0.270. The largest absolute Gasteiger partial charge is 0.490 e. The van der Waals surface area contributed by atoms with Gasteiger partial charge in [0.25, 0.3) is 15.9 Å². The molecule has 0 bridgehead atoms. The van der Waals surface area contributed by atoms with Crippen LogP contribution in [0, 0.1) is 10.1 Å². The number of nitro groups is 1. The summed E-state index contributed by atoms with van der Waals surface area (Å²) in [4.78, 5) is 23.1. The minimum Gasteiger partial charge on any atom is -0.490 e. The molecular formula is C22H19ClN4O6S. The second-order valence-electron chi connectivity index (χ2n) is 6.78. The van der Waals surface area contributed by atoms with Crippen molar-refractivity contribution < 1.29 is 22.9 Å². The summed E-state index contributed by atoms with van der Waals surface area (Å²) in [6, 6.07) is 17.8. The molecule has 3 aromatic carbocycles. The SMILES string of the molecule is COc1ccc(/C=N\NC(=O)CN(c2ccc(Cl)cc2)S(=O)(=O)c2ccccc2)cc1[N+](=O)[O-]. The van der Waals surface area contributed by atoms with E-state index >= 15 is 0 Å². The van der Waals surface area contributed by atoms with E-state index < -0.39 is 27.4 Å². The zero-order chi connectivity index (χ0) is 24.7. The smallest absolute Gasteiger partial charge is 0.311 e. The first-order valence-corrected chi connectivity index (χ1v) is 11.5. The van der Waals surface area contributed by atoms with Crippen LogP contribution in [-0.2, 0) is 14.8 Å². The number of sulfonamides is 1. The van der Waals surface area contributed by atoms with Crippen LogP contribution in [0.4, 0.5) is 11.4 Å². The van der Waals surface area contributed by atoms with Crippen LogP contribution in [0.5, 0.6) is 5.75 Å². The van der Waals surface area contributed by atoms with Crippen molar-refractivity contribution in [3.8, 4) is 5.75 Å². The van der Waals surface area contributed by atoms with Gasteiger partial charge in [-0.3, -0.25) is 19.2 Å². The van der Waals surface area contributed by atoms with E-state index in [2.05, 4.69) is 10.5 Å². The maximum absolute atomic E-state index is 13.2. The fourth-order valence-electron chi connectivity index (χ4n) is 2.92. The lowest BCUT2D eigenvalue weighted by atomic mass is 10.2. The molecule has 3 aromatic rings. The lowest BCUT2D eigenvalue weighted by Gasteiger charge is -2.23. The Balaban J connectivity index is 1.81. The highest BCUT2D eigenvalue weighted by Crippen LogP contribution is 2.27. The molecule has 10 nitrogen and oxygen atoms in total. The van der Waals surface area contributed by atoms with Gasteiger partial charge in [-0.2, -0.15) is 5.10 Å². The monoisotopic (exact) mass is 502 g/mol. The lowest BCUT2D eigenvalue weighted by molar-refractivity contribution is -0.385. The van der Waals surface area contributed by atoms with E-state index in [1.54, 1.807) is 18.2 Å².